The first-order valence-electron chi connectivity index (χ1n) is 9.60. The largest absolute Gasteiger partial charge is 0.384 e. The van der Waals surface area contributed by atoms with Gasteiger partial charge in [0.15, 0.2) is 0 Å². The fourth-order valence-electron chi connectivity index (χ4n) is 3.84. The predicted octanol–water partition coefficient (Wildman–Crippen LogP) is 2.48. The van der Waals surface area contributed by atoms with Gasteiger partial charge in [-0.1, -0.05) is 23.7 Å². The van der Waals surface area contributed by atoms with Gasteiger partial charge in [-0.25, -0.2) is 4.98 Å². The fourth-order valence-corrected chi connectivity index (χ4v) is 3.97. The lowest BCUT2D eigenvalue weighted by molar-refractivity contribution is 0.210. The number of nitrogen functional groups attached to an aromatic ring is 1. The van der Waals surface area contributed by atoms with Crippen molar-refractivity contribution < 1.29 is 0 Å². The van der Waals surface area contributed by atoms with E-state index in [0.717, 1.165) is 49.9 Å². The molecule has 1 fully saturated rings. The molecule has 1 saturated heterocycles. The summed E-state index contributed by atoms with van der Waals surface area (Å²) in [6.45, 7) is 6.97. The zero-order valence-corrected chi connectivity index (χ0v) is 17.0. The van der Waals surface area contributed by atoms with Crippen molar-refractivity contribution in [2.75, 3.05) is 39.0 Å². The van der Waals surface area contributed by atoms with Crippen LogP contribution in [0.3, 0.4) is 0 Å². The first-order valence-corrected chi connectivity index (χ1v) is 9.98. The van der Waals surface area contributed by atoms with Crippen molar-refractivity contribution in [1.29, 1.82) is 0 Å². The number of hydrogen-bond acceptors (Lipinski definition) is 5. The van der Waals surface area contributed by atoms with Gasteiger partial charge in [0, 0.05) is 42.9 Å². The van der Waals surface area contributed by atoms with Crippen LogP contribution >= 0.6 is 11.6 Å². The molecule has 1 aliphatic heterocycles. The van der Waals surface area contributed by atoms with Gasteiger partial charge in [-0.3, -0.25) is 0 Å². The number of halogens is 1. The first kappa shape index (κ1) is 20.1. The van der Waals surface area contributed by atoms with Gasteiger partial charge in [-0.15, -0.1) is 0 Å². The number of nitrogens with zero attached hydrogens (tertiary/aromatic N) is 2. The summed E-state index contributed by atoms with van der Waals surface area (Å²) < 4.78 is 0. The number of nitrogens with one attached hydrogen (secondary N) is 2. The lowest BCUT2D eigenvalue weighted by Crippen LogP contribution is -2.42. The molecule has 0 aliphatic carbocycles. The summed E-state index contributed by atoms with van der Waals surface area (Å²) in [4.78, 5) is 6.97. The second-order valence-electron chi connectivity index (χ2n) is 7.53. The van der Waals surface area contributed by atoms with Gasteiger partial charge in [0.25, 0.3) is 0 Å². The van der Waals surface area contributed by atoms with Crippen molar-refractivity contribution in [1.82, 2.24) is 20.5 Å². The molecule has 2 atom stereocenters. The van der Waals surface area contributed by atoms with Gasteiger partial charge < -0.3 is 21.3 Å². The topological polar surface area (TPSA) is 66.2 Å². The van der Waals surface area contributed by atoms with Crippen LogP contribution < -0.4 is 16.4 Å². The molecule has 0 radical (unpaired) electrons. The third-order valence-electron chi connectivity index (χ3n) is 5.27. The summed E-state index contributed by atoms with van der Waals surface area (Å²) in [5.41, 5.74) is 9.45. The monoisotopic (exact) mass is 387 g/mol. The lowest BCUT2D eigenvalue weighted by Gasteiger charge is -2.29. The van der Waals surface area contributed by atoms with Crippen LogP contribution in [0.5, 0.6) is 0 Å². The molecule has 4 N–H and O–H groups in total. The molecule has 146 valence electrons. The van der Waals surface area contributed by atoms with Crippen molar-refractivity contribution in [2.24, 2.45) is 5.92 Å². The highest BCUT2D eigenvalue weighted by molar-refractivity contribution is 6.30. The molecular weight excluding hydrogens is 358 g/mol. The Morgan fingerprint density at radius 1 is 1.26 bits per heavy atom. The molecule has 5 nitrogen and oxygen atoms in total. The molecule has 0 amide bonds. The average molecular weight is 388 g/mol. The highest BCUT2D eigenvalue weighted by Crippen LogP contribution is 2.20. The summed E-state index contributed by atoms with van der Waals surface area (Å²) in [5, 5.41) is 7.84. The minimum Gasteiger partial charge on any atom is -0.384 e. The SMILES string of the molecule is Cc1cc(N)nc(C[C@H]2CNC[C@@H]2N(C)CCNCc2ccc(Cl)cc2)c1. The van der Waals surface area contributed by atoms with E-state index in [1.807, 2.05) is 18.2 Å². The Morgan fingerprint density at radius 3 is 2.78 bits per heavy atom. The highest BCUT2D eigenvalue weighted by Gasteiger charge is 2.30. The van der Waals surface area contributed by atoms with Gasteiger partial charge in [-0.2, -0.15) is 0 Å². The van der Waals surface area contributed by atoms with E-state index in [9.17, 15) is 0 Å². The number of aryl methyl sites for hydroxylation is 1. The normalized spacial score (nSPS) is 19.7. The van der Waals surface area contributed by atoms with E-state index in [2.05, 4.69) is 52.7 Å². The molecule has 2 aromatic rings. The maximum absolute atomic E-state index is 5.93. The van der Waals surface area contributed by atoms with Crippen LogP contribution in [-0.2, 0) is 13.0 Å². The molecule has 27 heavy (non-hydrogen) atoms. The van der Waals surface area contributed by atoms with E-state index in [1.165, 1.54) is 11.1 Å². The summed E-state index contributed by atoms with van der Waals surface area (Å²) in [7, 11) is 2.21. The summed E-state index contributed by atoms with van der Waals surface area (Å²) >= 11 is 5.93. The zero-order valence-electron chi connectivity index (χ0n) is 16.2. The Morgan fingerprint density at radius 2 is 2.04 bits per heavy atom. The summed E-state index contributed by atoms with van der Waals surface area (Å²) in [6, 6.07) is 12.6. The second kappa shape index (κ2) is 9.51. The molecule has 0 saturated carbocycles. The number of nitrogens with two attached hydrogens (primary N) is 1. The fraction of sp³-hybridized carbons (Fsp3) is 0.476. The minimum absolute atomic E-state index is 0.519. The van der Waals surface area contributed by atoms with Crippen LogP contribution in [0, 0.1) is 12.8 Å². The molecule has 1 aromatic heterocycles. The van der Waals surface area contributed by atoms with Crippen LogP contribution in [0.15, 0.2) is 36.4 Å². The van der Waals surface area contributed by atoms with Crippen molar-refractivity contribution in [2.45, 2.75) is 25.9 Å². The number of hydrogen-bond donors (Lipinski definition) is 3. The average Bonchev–Trinajstić information content (AvgIpc) is 3.07. The molecule has 1 aromatic carbocycles. The number of anilines is 1. The van der Waals surface area contributed by atoms with E-state index >= 15 is 0 Å². The maximum Gasteiger partial charge on any atom is 0.123 e. The zero-order chi connectivity index (χ0) is 19.2. The number of pyridine rings is 1. The lowest BCUT2D eigenvalue weighted by atomic mass is 9.96. The van der Waals surface area contributed by atoms with E-state index in [0.29, 0.717) is 17.8 Å². The molecule has 1 aliphatic rings. The van der Waals surface area contributed by atoms with Gasteiger partial charge in [0.2, 0.25) is 0 Å². The highest BCUT2D eigenvalue weighted by atomic mass is 35.5. The van der Waals surface area contributed by atoms with Gasteiger partial charge >= 0.3 is 0 Å². The van der Waals surface area contributed by atoms with Gasteiger partial charge in [0.05, 0.1) is 0 Å². The predicted molar refractivity (Wildman–Crippen MR) is 113 cm³/mol. The quantitative estimate of drug-likeness (QED) is 0.607. The molecule has 3 rings (SSSR count). The minimum atomic E-state index is 0.519. The number of likely N-dealkylation sites (N-methyl/N-ethyl adjacent to an activating group) is 1. The summed E-state index contributed by atoms with van der Waals surface area (Å²) in [6.07, 6.45) is 0.964. The van der Waals surface area contributed by atoms with E-state index in [4.69, 9.17) is 17.3 Å². The van der Waals surface area contributed by atoms with E-state index in [-0.39, 0.29) is 0 Å². The van der Waals surface area contributed by atoms with Crippen LogP contribution in [0.25, 0.3) is 0 Å². The van der Waals surface area contributed by atoms with Crippen LogP contribution in [0.4, 0.5) is 5.82 Å². The standard InChI is InChI=1S/C21H30ClN5/c1-15-9-19(26-21(23)10-15)11-17-13-25-14-20(17)27(2)8-7-24-12-16-3-5-18(22)6-4-16/h3-6,9-10,17,20,24-25H,7-8,11-14H2,1-2H3,(H2,23,26)/t17-,20-/m0/s1. The van der Waals surface area contributed by atoms with Crippen molar-refractivity contribution in [3.63, 3.8) is 0 Å². The van der Waals surface area contributed by atoms with Crippen LogP contribution in [0.1, 0.15) is 16.8 Å². The molecule has 2 heterocycles. The Bertz CT molecular complexity index is 714. The smallest absolute Gasteiger partial charge is 0.123 e. The molecule has 0 unspecified atom stereocenters. The summed E-state index contributed by atoms with van der Waals surface area (Å²) in [5.74, 6) is 1.17. The molecule has 0 spiro atoms. The van der Waals surface area contributed by atoms with Gasteiger partial charge in [0.1, 0.15) is 5.82 Å². The van der Waals surface area contributed by atoms with E-state index in [1.54, 1.807) is 0 Å². The molecule has 0 bridgehead atoms. The third-order valence-corrected chi connectivity index (χ3v) is 5.52. The van der Waals surface area contributed by atoms with Crippen molar-refractivity contribution >= 4 is 17.4 Å². The Kier molecular flexibility index (Phi) is 7.07. The van der Waals surface area contributed by atoms with Crippen LogP contribution in [0.2, 0.25) is 5.02 Å². The van der Waals surface area contributed by atoms with Crippen molar-refractivity contribution in [3.05, 3.63) is 58.2 Å². The van der Waals surface area contributed by atoms with Crippen LogP contribution in [-0.4, -0.2) is 49.2 Å². The third kappa shape index (κ3) is 5.91. The Hall–Kier alpha value is -1.66. The molecular formula is C21H30ClN5. The Balaban J connectivity index is 1.46. The molecule has 6 heteroatoms. The maximum atomic E-state index is 5.93. The van der Waals surface area contributed by atoms with Gasteiger partial charge in [-0.05, 0) is 68.2 Å². The second-order valence-corrected chi connectivity index (χ2v) is 7.97. The number of rotatable bonds is 8. The number of benzene rings is 1. The Labute approximate surface area is 167 Å². The van der Waals surface area contributed by atoms with Crippen molar-refractivity contribution in [3.8, 4) is 0 Å². The first-order chi connectivity index (χ1) is 13.0. The van der Waals surface area contributed by atoms with E-state index < -0.39 is 0 Å². The number of aromatic nitrogens is 1.